The molecular weight excluding hydrogens is 402 g/mol. The average Bonchev–Trinajstić information content (AvgIpc) is 3.32. The Morgan fingerprint density at radius 1 is 1.06 bits per heavy atom. The maximum Gasteiger partial charge on any atom is 0.191 e. The lowest BCUT2D eigenvalue weighted by molar-refractivity contribution is 0.310. The highest BCUT2D eigenvalue weighted by Crippen LogP contribution is 2.28. The third-order valence-corrected chi connectivity index (χ3v) is 5.06. The summed E-state index contributed by atoms with van der Waals surface area (Å²) in [6, 6.07) is 14.7. The number of rotatable bonds is 11. The summed E-state index contributed by atoms with van der Waals surface area (Å²) in [5, 5.41) is 6.79. The van der Waals surface area contributed by atoms with E-state index in [0.29, 0.717) is 13.2 Å². The van der Waals surface area contributed by atoms with E-state index in [1.54, 1.807) is 20.4 Å². The van der Waals surface area contributed by atoms with Gasteiger partial charge in [-0.15, -0.1) is 0 Å². The van der Waals surface area contributed by atoms with Gasteiger partial charge >= 0.3 is 0 Å². The van der Waals surface area contributed by atoms with Crippen molar-refractivity contribution in [1.29, 1.82) is 0 Å². The van der Waals surface area contributed by atoms with Crippen molar-refractivity contribution in [3.05, 3.63) is 77.9 Å². The molecule has 0 saturated carbocycles. The first-order valence-electron chi connectivity index (χ1n) is 11.0. The van der Waals surface area contributed by atoms with Crippen LogP contribution in [-0.4, -0.2) is 42.8 Å². The van der Waals surface area contributed by atoms with Crippen molar-refractivity contribution in [3.8, 4) is 11.5 Å². The van der Waals surface area contributed by atoms with E-state index < -0.39 is 0 Å². The first kappa shape index (κ1) is 23.2. The second-order valence-electron chi connectivity index (χ2n) is 7.43. The summed E-state index contributed by atoms with van der Waals surface area (Å²) in [5.41, 5.74) is 3.69. The molecule has 0 fully saturated rings. The predicted octanol–water partition coefficient (Wildman–Crippen LogP) is 3.64. The Bertz CT molecular complexity index is 986. The van der Waals surface area contributed by atoms with Crippen molar-refractivity contribution in [2.45, 2.75) is 32.9 Å². The molecule has 0 aliphatic heterocycles. The summed E-state index contributed by atoms with van der Waals surface area (Å²) >= 11 is 0. The minimum atomic E-state index is 0.621. The van der Waals surface area contributed by atoms with Gasteiger partial charge in [-0.05, 0) is 48.6 Å². The van der Waals surface area contributed by atoms with Crippen LogP contribution in [-0.2, 0) is 19.5 Å². The van der Waals surface area contributed by atoms with Crippen molar-refractivity contribution in [2.24, 2.45) is 4.99 Å². The lowest BCUT2D eigenvalue weighted by Gasteiger charge is -2.13. The van der Waals surface area contributed by atoms with Gasteiger partial charge in [0.05, 0.1) is 20.0 Å². The fraction of sp³-hybridized carbons (Fsp3) is 0.360. The molecule has 1 aromatic heterocycles. The van der Waals surface area contributed by atoms with Crippen LogP contribution in [0.4, 0.5) is 0 Å². The van der Waals surface area contributed by atoms with Gasteiger partial charge in [0, 0.05) is 39.1 Å². The number of benzene rings is 2. The predicted molar refractivity (Wildman–Crippen MR) is 128 cm³/mol. The smallest absolute Gasteiger partial charge is 0.191 e. The Kier molecular flexibility index (Phi) is 8.98. The summed E-state index contributed by atoms with van der Waals surface area (Å²) in [6.07, 6.45) is 7.54. The van der Waals surface area contributed by atoms with Crippen LogP contribution in [0.1, 0.15) is 30.0 Å². The maximum absolute atomic E-state index is 5.67. The fourth-order valence-electron chi connectivity index (χ4n) is 3.48. The van der Waals surface area contributed by atoms with Crippen LogP contribution >= 0.6 is 0 Å². The number of aliphatic imine (C=N–C) groups is 1. The van der Waals surface area contributed by atoms with Gasteiger partial charge in [0.25, 0.3) is 0 Å². The van der Waals surface area contributed by atoms with Gasteiger partial charge < -0.3 is 24.7 Å². The minimum absolute atomic E-state index is 0.621. The highest BCUT2D eigenvalue weighted by Gasteiger charge is 2.06. The van der Waals surface area contributed by atoms with E-state index in [2.05, 4.69) is 61.6 Å². The van der Waals surface area contributed by atoms with Gasteiger partial charge in [-0.25, -0.2) is 4.98 Å². The standard InChI is InChI=1S/C25H33N5O2/c1-4-32-24-16-20(10-11-23(24)31-3)9-6-12-28-25(26-2)29-17-21-7-5-8-22(15-21)18-30-14-13-27-19-30/h5,7-8,10-11,13-16,19H,4,6,9,12,17-18H2,1-3H3,(H2,26,28,29). The van der Waals surface area contributed by atoms with Gasteiger partial charge in [-0.2, -0.15) is 0 Å². The zero-order valence-corrected chi connectivity index (χ0v) is 19.2. The Morgan fingerprint density at radius 3 is 2.69 bits per heavy atom. The van der Waals surface area contributed by atoms with Crippen LogP contribution < -0.4 is 20.1 Å². The summed E-state index contributed by atoms with van der Waals surface area (Å²) in [7, 11) is 3.46. The van der Waals surface area contributed by atoms with Crippen LogP contribution in [0.2, 0.25) is 0 Å². The molecule has 1 heterocycles. The number of nitrogens with zero attached hydrogens (tertiary/aromatic N) is 3. The molecule has 7 nitrogen and oxygen atoms in total. The molecule has 32 heavy (non-hydrogen) atoms. The van der Waals surface area contributed by atoms with E-state index in [0.717, 1.165) is 43.4 Å². The van der Waals surface area contributed by atoms with Crippen LogP contribution in [0.5, 0.6) is 11.5 Å². The normalized spacial score (nSPS) is 11.3. The number of hydrogen-bond acceptors (Lipinski definition) is 4. The summed E-state index contributed by atoms with van der Waals surface area (Å²) < 4.78 is 13.1. The second-order valence-corrected chi connectivity index (χ2v) is 7.43. The fourth-order valence-corrected chi connectivity index (χ4v) is 3.48. The number of hydrogen-bond donors (Lipinski definition) is 2. The number of guanidine groups is 1. The van der Waals surface area contributed by atoms with Crippen molar-refractivity contribution in [3.63, 3.8) is 0 Å². The summed E-state index contributed by atoms with van der Waals surface area (Å²) in [6.45, 7) is 4.96. The molecule has 3 aromatic rings. The third-order valence-electron chi connectivity index (χ3n) is 5.06. The lowest BCUT2D eigenvalue weighted by atomic mass is 10.1. The van der Waals surface area contributed by atoms with Crippen molar-refractivity contribution in [1.82, 2.24) is 20.2 Å². The van der Waals surface area contributed by atoms with E-state index in [1.807, 2.05) is 25.5 Å². The van der Waals surface area contributed by atoms with Crippen LogP contribution in [0.25, 0.3) is 0 Å². The largest absolute Gasteiger partial charge is 0.493 e. The Balaban J connectivity index is 1.43. The van der Waals surface area contributed by atoms with Gasteiger partial charge in [0.1, 0.15) is 0 Å². The number of aromatic nitrogens is 2. The first-order valence-corrected chi connectivity index (χ1v) is 11.0. The first-order chi connectivity index (χ1) is 15.7. The average molecular weight is 436 g/mol. The molecule has 170 valence electrons. The van der Waals surface area contributed by atoms with E-state index in [1.165, 1.54) is 16.7 Å². The number of imidazole rings is 1. The third kappa shape index (κ3) is 7.04. The van der Waals surface area contributed by atoms with E-state index >= 15 is 0 Å². The monoisotopic (exact) mass is 435 g/mol. The van der Waals surface area contributed by atoms with Crippen LogP contribution in [0.15, 0.2) is 66.2 Å². The number of nitrogens with one attached hydrogen (secondary N) is 2. The topological polar surface area (TPSA) is 72.7 Å². The highest BCUT2D eigenvalue weighted by molar-refractivity contribution is 5.79. The molecule has 7 heteroatoms. The molecule has 2 aromatic carbocycles. The van der Waals surface area contributed by atoms with Gasteiger partial charge in [0.2, 0.25) is 0 Å². The van der Waals surface area contributed by atoms with Gasteiger partial charge in [-0.1, -0.05) is 30.3 Å². The quantitative estimate of drug-likeness (QED) is 0.273. The zero-order chi connectivity index (χ0) is 22.6. The van der Waals surface area contributed by atoms with Crippen molar-refractivity contribution >= 4 is 5.96 Å². The number of aryl methyl sites for hydroxylation is 1. The van der Waals surface area contributed by atoms with E-state index in [4.69, 9.17) is 9.47 Å². The number of ether oxygens (including phenoxy) is 2. The SMILES string of the molecule is CCOc1cc(CCCNC(=NC)NCc2cccc(Cn3ccnc3)c2)ccc1OC. The highest BCUT2D eigenvalue weighted by atomic mass is 16.5. The number of methoxy groups -OCH3 is 1. The van der Waals surface area contributed by atoms with E-state index in [-0.39, 0.29) is 0 Å². The maximum atomic E-state index is 5.67. The molecule has 0 aliphatic carbocycles. The minimum Gasteiger partial charge on any atom is -0.493 e. The molecule has 0 atom stereocenters. The Morgan fingerprint density at radius 2 is 1.94 bits per heavy atom. The Labute approximate surface area is 190 Å². The van der Waals surface area contributed by atoms with Gasteiger partial charge in [0.15, 0.2) is 17.5 Å². The summed E-state index contributed by atoms with van der Waals surface area (Å²) in [4.78, 5) is 8.44. The van der Waals surface area contributed by atoms with Crippen LogP contribution in [0.3, 0.4) is 0 Å². The molecule has 0 aliphatic rings. The molecule has 0 unspecified atom stereocenters. The molecule has 0 saturated heterocycles. The summed E-state index contributed by atoms with van der Waals surface area (Å²) in [5.74, 6) is 2.37. The molecule has 0 spiro atoms. The molecular formula is C25H33N5O2. The van der Waals surface area contributed by atoms with Crippen LogP contribution in [0, 0.1) is 0 Å². The molecule has 0 amide bonds. The lowest BCUT2D eigenvalue weighted by Crippen LogP contribution is -2.37. The van der Waals surface area contributed by atoms with Gasteiger partial charge in [-0.3, -0.25) is 4.99 Å². The molecule has 0 bridgehead atoms. The molecule has 3 rings (SSSR count). The van der Waals surface area contributed by atoms with Crippen molar-refractivity contribution < 1.29 is 9.47 Å². The second kappa shape index (κ2) is 12.4. The van der Waals surface area contributed by atoms with Crippen molar-refractivity contribution in [2.75, 3.05) is 27.3 Å². The zero-order valence-electron chi connectivity index (χ0n) is 19.2. The molecule has 2 N–H and O–H groups in total. The molecule has 0 radical (unpaired) electrons. The Hall–Kier alpha value is -3.48. The van der Waals surface area contributed by atoms with E-state index in [9.17, 15) is 0 Å².